The average molecular weight is 230 g/mol. The van der Waals surface area contributed by atoms with E-state index in [1.165, 1.54) is 0 Å². The lowest BCUT2D eigenvalue weighted by Crippen LogP contribution is -2.30. The van der Waals surface area contributed by atoms with Crippen LogP contribution in [0, 0.1) is 0 Å². The Morgan fingerprint density at radius 2 is 1.00 bits per heavy atom. The summed E-state index contributed by atoms with van der Waals surface area (Å²) in [6, 6.07) is 0. The van der Waals surface area contributed by atoms with Crippen LogP contribution in [0.15, 0.2) is 0 Å². The van der Waals surface area contributed by atoms with E-state index in [-0.39, 0.29) is 11.2 Å². The molecule has 16 heavy (non-hydrogen) atoms. The summed E-state index contributed by atoms with van der Waals surface area (Å²) >= 11 is 0. The second-order valence-corrected chi connectivity index (χ2v) is 5.72. The van der Waals surface area contributed by atoms with Crippen molar-refractivity contribution < 1.29 is 9.47 Å². The molecule has 0 spiro atoms. The van der Waals surface area contributed by atoms with Crippen molar-refractivity contribution in [3.8, 4) is 0 Å². The maximum atomic E-state index is 5.82. The summed E-state index contributed by atoms with van der Waals surface area (Å²) in [5.74, 6) is 0. The highest BCUT2D eigenvalue weighted by atomic mass is 16.5. The fourth-order valence-electron chi connectivity index (χ4n) is 1.98. The molecule has 0 atom stereocenters. The molecule has 0 aromatic carbocycles. The summed E-state index contributed by atoms with van der Waals surface area (Å²) in [7, 11) is 0. The third-order valence-corrected chi connectivity index (χ3v) is 2.77. The van der Waals surface area contributed by atoms with E-state index in [0.29, 0.717) is 13.2 Å². The first-order valence-electron chi connectivity index (χ1n) is 6.61. The van der Waals surface area contributed by atoms with Crippen LogP contribution in [0.3, 0.4) is 0 Å². The van der Waals surface area contributed by atoms with Gasteiger partial charge < -0.3 is 9.47 Å². The van der Waals surface area contributed by atoms with Crippen molar-refractivity contribution in [1.29, 1.82) is 0 Å². The van der Waals surface area contributed by atoms with E-state index in [1.807, 2.05) is 0 Å². The zero-order valence-corrected chi connectivity index (χ0v) is 12.1. The fraction of sp³-hybridized carbons (Fsp3) is 1.00. The monoisotopic (exact) mass is 230 g/mol. The molecule has 0 aliphatic carbocycles. The minimum atomic E-state index is -0.00694. The van der Waals surface area contributed by atoms with Gasteiger partial charge >= 0.3 is 0 Å². The molecule has 0 heterocycles. The Morgan fingerprint density at radius 1 is 0.688 bits per heavy atom. The molecular formula is C14H30O2. The normalized spacial score (nSPS) is 13.1. The van der Waals surface area contributed by atoms with E-state index >= 15 is 0 Å². The zero-order valence-electron chi connectivity index (χ0n) is 12.1. The Bertz CT molecular complexity index is 154. The summed E-state index contributed by atoms with van der Waals surface area (Å²) in [5, 5.41) is 0. The van der Waals surface area contributed by atoms with Gasteiger partial charge in [-0.25, -0.2) is 0 Å². The van der Waals surface area contributed by atoms with Crippen LogP contribution < -0.4 is 0 Å². The van der Waals surface area contributed by atoms with Gasteiger partial charge in [0.2, 0.25) is 0 Å². The van der Waals surface area contributed by atoms with Crippen LogP contribution in [0.4, 0.5) is 0 Å². The minimum absolute atomic E-state index is 0.00694. The van der Waals surface area contributed by atoms with Crippen molar-refractivity contribution >= 4 is 0 Å². The number of ether oxygens (including phenoxy) is 2. The molecule has 2 nitrogen and oxygen atoms in total. The third kappa shape index (κ3) is 8.12. The SMILES string of the molecule is CCCC(C)(C)OCCOC(C)(C)CCC. The van der Waals surface area contributed by atoms with E-state index in [2.05, 4.69) is 41.5 Å². The molecule has 0 aromatic heterocycles. The van der Waals surface area contributed by atoms with E-state index < -0.39 is 0 Å². The van der Waals surface area contributed by atoms with Gasteiger partial charge in [-0.05, 0) is 40.5 Å². The van der Waals surface area contributed by atoms with Crippen molar-refractivity contribution in [3.63, 3.8) is 0 Å². The Kier molecular flexibility index (Phi) is 7.25. The second-order valence-electron chi connectivity index (χ2n) is 5.72. The smallest absolute Gasteiger partial charge is 0.0708 e. The molecule has 98 valence electrons. The van der Waals surface area contributed by atoms with E-state index in [0.717, 1.165) is 25.7 Å². The molecule has 0 bridgehead atoms. The molecule has 0 N–H and O–H groups in total. The summed E-state index contributed by atoms with van der Waals surface area (Å²) in [6.45, 7) is 14.3. The van der Waals surface area contributed by atoms with Gasteiger partial charge in [-0.3, -0.25) is 0 Å². The fourth-order valence-corrected chi connectivity index (χ4v) is 1.98. The van der Waals surface area contributed by atoms with Crippen LogP contribution >= 0.6 is 0 Å². The topological polar surface area (TPSA) is 18.5 Å². The van der Waals surface area contributed by atoms with Crippen LogP contribution in [-0.4, -0.2) is 24.4 Å². The van der Waals surface area contributed by atoms with Crippen molar-refractivity contribution in [3.05, 3.63) is 0 Å². The molecule has 0 saturated carbocycles. The molecule has 2 heteroatoms. The number of hydrogen-bond donors (Lipinski definition) is 0. The lowest BCUT2D eigenvalue weighted by atomic mass is 10.0. The maximum Gasteiger partial charge on any atom is 0.0708 e. The highest BCUT2D eigenvalue weighted by Gasteiger charge is 2.19. The average Bonchev–Trinajstić information content (AvgIpc) is 2.12. The quantitative estimate of drug-likeness (QED) is 0.553. The second kappa shape index (κ2) is 7.29. The molecule has 0 aromatic rings. The van der Waals surface area contributed by atoms with Gasteiger partial charge in [0.25, 0.3) is 0 Å². The van der Waals surface area contributed by atoms with Gasteiger partial charge in [0.15, 0.2) is 0 Å². The molecule has 0 amide bonds. The number of rotatable bonds is 9. The van der Waals surface area contributed by atoms with Crippen molar-refractivity contribution in [2.24, 2.45) is 0 Å². The summed E-state index contributed by atoms with van der Waals surface area (Å²) in [6.07, 6.45) is 4.53. The molecule has 0 aliphatic rings. The lowest BCUT2D eigenvalue weighted by Gasteiger charge is -2.28. The predicted molar refractivity (Wildman–Crippen MR) is 69.9 cm³/mol. The summed E-state index contributed by atoms with van der Waals surface area (Å²) in [5.41, 5.74) is -0.0139. The molecule has 0 unspecified atom stereocenters. The van der Waals surface area contributed by atoms with Gasteiger partial charge in [-0.1, -0.05) is 26.7 Å². The van der Waals surface area contributed by atoms with Crippen LogP contribution in [0.2, 0.25) is 0 Å². The first kappa shape index (κ1) is 15.9. The van der Waals surface area contributed by atoms with Crippen LogP contribution in [0.5, 0.6) is 0 Å². The first-order valence-corrected chi connectivity index (χ1v) is 6.61. The Morgan fingerprint density at radius 3 is 1.25 bits per heavy atom. The van der Waals surface area contributed by atoms with Crippen molar-refractivity contribution in [2.75, 3.05) is 13.2 Å². The molecule has 0 saturated heterocycles. The molecular weight excluding hydrogens is 200 g/mol. The van der Waals surface area contributed by atoms with Crippen LogP contribution in [0.25, 0.3) is 0 Å². The van der Waals surface area contributed by atoms with Gasteiger partial charge in [0.1, 0.15) is 0 Å². The molecule has 0 radical (unpaired) electrons. The number of hydrogen-bond acceptors (Lipinski definition) is 2. The first-order chi connectivity index (χ1) is 7.33. The van der Waals surface area contributed by atoms with Gasteiger partial charge in [0.05, 0.1) is 24.4 Å². The van der Waals surface area contributed by atoms with E-state index in [9.17, 15) is 0 Å². The Balaban J connectivity index is 3.67. The minimum Gasteiger partial charge on any atom is -0.373 e. The molecule has 0 aliphatic heterocycles. The van der Waals surface area contributed by atoms with Crippen molar-refractivity contribution in [1.82, 2.24) is 0 Å². The maximum absolute atomic E-state index is 5.82. The van der Waals surface area contributed by atoms with Gasteiger partial charge in [-0.15, -0.1) is 0 Å². The van der Waals surface area contributed by atoms with Crippen LogP contribution in [0.1, 0.15) is 67.2 Å². The van der Waals surface area contributed by atoms with E-state index in [4.69, 9.17) is 9.47 Å². The molecule has 0 fully saturated rings. The summed E-state index contributed by atoms with van der Waals surface area (Å²) in [4.78, 5) is 0. The third-order valence-electron chi connectivity index (χ3n) is 2.77. The van der Waals surface area contributed by atoms with Gasteiger partial charge in [0, 0.05) is 0 Å². The lowest BCUT2D eigenvalue weighted by molar-refractivity contribution is -0.0888. The standard InChI is InChI=1S/C14H30O2/c1-7-9-13(3,4)15-11-12-16-14(5,6)10-8-2/h7-12H2,1-6H3. The predicted octanol–water partition coefficient (Wildman–Crippen LogP) is 4.18. The Hall–Kier alpha value is -0.0800. The van der Waals surface area contributed by atoms with Crippen molar-refractivity contribution in [2.45, 2.75) is 78.4 Å². The highest BCUT2D eigenvalue weighted by molar-refractivity contribution is 4.69. The zero-order chi connectivity index (χ0) is 12.7. The van der Waals surface area contributed by atoms with Crippen LogP contribution in [-0.2, 0) is 9.47 Å². The largest absolute Gasteiger partial charge is 0.373 e. The molecule has 0 rings (SSSR count). The summed E-state index contributed by atoms with van der Waals surface area (Å²) < 4.78 is 11.6. The van der Waals surface area contributed by atoms with E-state index in [1.54, 1.807) is 0 Å². The highest BCUT2D eigenvalue weighted by Crippen LogP contribution is 2.18. The Labute approximate surface area is 102 Å². The van der Waals surface area contributed by atoms with Gasteiger partial charge in [-0.2, -0.15) is 0 Å².